The summed E-state index contributed by atoms with van der Waals surface area (Å²) in [5.41, 5.74) is 4.86. The van der Waals surface area contributed by atoms with Crippen LogP contribution in [0.3, 0.4) is 0 Å². The average Bonchev–Trinajstić information content (AvgIpc) is 2.81. The number of hydrogen-bond donors (Lipinski definition) is 1. The van der Waals surface area contributed by atoms with E-state index in [9.17, 15) is 9.90 Å². The first kappa shape index (κ1) is 13.3. The summed E-state index contributed by atoms with van der Waals surface area (Å²) in [4.78, 5) is 20.1. The van der Waals surface area contributed by atoms with E-state index in [4.69, 9.17) is 0 Å². The van der Waals surface area contributed by atoms with E-state index in [2.05, 4.69) is 9.97 Å². The van der Waals surface area contributed by atoms with Crippen LogP contribution in [0.5, 0.6) is 0 Å². The second-order valence-corrected chi connectivity index (χ2v) is 5.17. The zero-order chi connectivity index (χ0) is 15.1. The minimum atomic E-state index is -0.985. The summed E-state index contributed by atoms with van der Waals surface area (Å²) in [6.07, 6.45) is 3.24. The standard InChI is InChI=1S/C16H15N3O2/c1-9-4-5-17-15(14(9)16(20)21)19-8-18-12-6-10(2)11(3)7-13(12)19/h4-8H,1-3H3,(H,20,21). The number of aromatic carboxylic acids is 1. The van der Waals surface area contributed by atoms with E-state index in [1.54, 1.807) is 30.1 Å². The molecule has 0 aliphatic rings. The third kappa shape index (κ3) is 2.07. The first-order valence-electron chi connectivity index (χ1n) is 6.62. The highest BCUT2D eigenvalue weighted by molar-refractivity contribution is 5.93. The minimum absolute atomic E-state index is 0.204. The molecule has 5 nitrogen and oxygen atoms in total. The summed E-state index contributed by atoms with van der Waals surface area (Å²) in [6, 6.07) is 5.70. The average molecular weight is 281 g/mol. The fourth-order valence-corrected chi connectivity index (χ4v) is 2.42. The van der Waals surface area contributed by atoms with Gasteiger partial charge in [-0.2, -0.15) is 0 Å². The van der Waals surface area contributed by atoms with Gasteiger partial charge in [-0.05, 0) is 55.7 Å². The van der Waals surface area contributed by atoms with Crippen molar-refractivity contribution in [3.8, 4) is 5.82 Å². The maximum Gasteiger partial charge on any atom is 0.339 e. The van der Waals surface area contributed by atoms with Crippen molar-refractivity contribution in [1.29, 1.82) is 0 Å². The molecule has 0 atom stereocenters. The summed E-state index contributed by atoms with van der Waals surface area (Å²) in [6.45, 7) is 5.82. The monoisotopic (exact) mass is 281 g/mol. The number of hydrogen-bond acceptors (Lipinski definition) is 3. The zero-order valence-electron chi connectivity index (χ0n) is 12.1. The van der Waals surface area contributed by atoms with Crippen LogP contribution in [-0.4, -0.2) is 25.6 Å². The molecule has 2 aromatic heterocycles. The minimum Gasteiger partial charge on any atom is -0.478 e. The lowest BCUT2D eigenvalue weighted by molar-refractivity contribution is 0.0695. The Labute approximate surface area is 121 Å². The maximum absolute atomic E-state index is 11.5. The Bertz CT molecular complexity index is 865. The molecule has 2 heterocycles. The number of benzene rings is 1. The van der Waals surface area contributed by atoms with Crippen LogP contribution in [0.15, 0.2) is 30.7 Å². The van der Waals surface area contributed by atoms with Crippen molar-refractivity contribution < 1.29 is 9.90 Å². The highest BCUT2D eigenvalue weighted by atomic mass is 16.4. The molecule has 5 heteroatoms. The summed E-state index contributed by atoms with van der Waals surface area (Å²) in [7, 11) is 0. The number of carbonyl (C=O) groups is 1. The van der Waals surface area contributed by atoms with Gasteiger partial charge in [-0.15, -0.1) is 0 Å². The van der Waals surface area contributed by atoms with Crippen LogP contribution in [0.2, 0.25) is 0 Å². The molecule has 1 aromatic carbocycles. The maximum atomic E-state index is 11.5. The van der Waals surface area contributed by atoms with Gasteiger partial charge in [-0.3, -0.25) is 4.57 Å². The molecule has 0 saturated carbocycles. The van der Waals surface area contributed by atoms with E-state index < -0.39 is 5.97 Å². The molecule has 0 spiro atoms. The van der Waals surface area contributed by atoms with Gasteiger partial charge in [-0.25, -0.2) is 14.8 Å². The summed E-state index contributed by atoms with van der Waals surface area (Å²) in [5.74, 6) is -0.588. The van der Waals surface area contributed by atoms with Crippen molar-refractivity contribution in [2.75, 3.05) is 0 Å². The van der Waals surface area contributed by atoms with Gasteiger partial charge in [0.2, 0.25) is 0 Å². The van der Waals surface area contributed by atoms with Crippen molar-refractivity contribution >= 4 is 17.0 Å². The van der Waals surface area contributed by atoms with Gasteiger partial charge in [-0.1, -0.05) is 0 Å². The Balaban J connectivity index is 2.34. The molecular weight excluding hydrogens is 266 g/mol. The van der Waals surface area contributed by atoms with Crippen LogP contribution in [0.1, 0.15) is 27.0 Å². The predicted molar refractivity (Wildman–Crippen MR) is 80.0 cm³/mol. The van der Waals surface area contributed by atoms with E-state index in [1.807, 2.05) is 26.0 Å². The molecule has 0 radical (unpaired) electrons. The SMILES string of the molecule is Cc1cc2ncn(-c3nccc(C)c3C(=O)O)c2cc1C. The normalized spacial score (nSPS) is 11.0. The zero-order valence-corrected chi connectivity index (χ0v) is 12.1. The molecule has 1 N–H and O–H groups in total. The Hall–Kier alpha value is -2.69. The molecule has 0 fully saturated rings. The van der Waals surface area contributed by atoms with Gasteiger partial charge in [0.25, 0.3) is 0 Å². The molecular formula is C16H15N3O2. The van der Waals surface area contributed by atoms with Gasteiger partial charge in [0, 0.05) is 6.20 Å². The third-order valence-electron chi connectivity index (χ3n) is 3.74. The number of aromatic nitrogens is 3. The largest absolute Gasteiger partial charge is 0.478 e. The van der Waals surface area contributed by atoms with Crippen LogP contribution in [-0.2, 0) is 0 Å². The number of fused-ring (bicyclic) bond motifs is 1. The predicted octanol–water partition coefficient (Wildman–Crippen LogP) is 3.04. The van der Waals surface area contributed by atoms with Crippen LogP contribution >= 0.6 is 0 Å². The molecule has 0 aliphatic heterocycles. The second kappa shape index (κ2) is 4.70. The van der Waals surface area contributed by atoms with Crippen molar-refractivity contribution in [3.63, 3.8) is 0 Å². The fourth-order valence-electron chi connectivity index (χ4n) is 2.42. The highest BCUT2D eigenvalue weighted by Crippen LogP contribution is 2.24. The van der Waals surface area contributed by atoms with Gasteiger partial charge in [0.1, 0.15) is 11.9 Å². The number of imidazole rings is 1. The van der Waals surface area contributed by atoms with Crippen LogP contribution < -0.4 is 0 Å². The molecule has 21 heavy (non-hydrogen) atoms. The van der Waals surface area contributed by atoms with E-state index >= 15 is 0 Å². The number of pyridine rings is 1. The molecule has 106 valence electrons. The van der Waals surface area contributed by atoms with Gasteiger partial charge in [0.15, 0.2) is 5.82 Å². The molecule has 0 unspecified atom stereocenters. The number of aryl methyl sites for hydroxylation is 3. The summed E-state index contributed by atoms with van der Waals surface area (Å²) < 4.78 is 1.73. The first-order valence-corrected chi connectivity index (χ1v) is 6.62. The molecule has 3 rings (SSSR count). The number of nitrogens with zero attached hydrogens (tertiary/aromatic N) is 3. The van der Waals surface area contributed by atoms with E-state index in [1.165, 1.54) is 0 Å². The van der Waals surface area contributed by atoms with Crippen LogP contribution in [0.25, 0.3) is 16.9 Å². The van der Waals surface area contributed by atoms with Crippen molar-refractivity contribution in [2.45, 2.75) is 20.8 Å². The molecule has 0 bridgehead atoms. The lowest BCUT2D eigenvalue weighted by atomic mass is 10.1. The number of carboxylic acids is 1. The Morgan fingerprint density at radius 1 is 1.10 bits per heavy atom. The Morgan fingerprint density at radius 2 is 1.81 bits per heavy atom. The van der Waals surface area contributed by atoms with Gasteiger partial charge in [0.05, 0.1) is 11.0 Å². The van der Waals surface area contributed by atoms with Crippen molar-refractivity contribution in [2.24, 2.45) is 0 Å². The first-order chi connectivity index (χ1) is 9.99. The lowest BCUT2D eigenvalue weighted by Gasteiger charge is -2.10. The Kier molecular flexibility index (Phi) is 2.97. The number of carboxylic acid groups (broad SMARTS) is 1. The molecule has 0 amide bonds. The van der Waals surface area contributed by atoms with Crippen molar-refractivity contribution in [3.05, 3.63) is 53.0 Å². The van der Waals surface area contributed by atoms with E-state index in [-0.39, 0.29) is 5.56 Å². The highest BCUT2D eigenvalue weighted by Gasteiger charge is 2.18. The Morgan fingerprint density at radius 3 is 2.52 bits per heavy atom. The van der Waals surface area contributed by atoms with E-state index in [0.717, 1.165) is 22.2 Å². The second-order valence-electron chi connectivity index (χ2n) is 5.17. The fraction of sp³-hybridized carbons (Fsp3) is 0.188. The van der Waals surface area contributed by atoms with Crippen LogP contribution in [0, 0.1) is 20.8 Å². The lowest BCUT2D eigenvalue weighted by Crippen LogP contribution is -2.09. The summed E-state index contributed by atoms with van der Waals surface area (Å²) >= 11 is 0. The topological polar surface area (TPSA) is 68.0 Å². The van der Waals surface area contributed by atoms with Crippen LogP contribution in [0.4, 0.5) is 0 Å². The van der Waals surface area contributed by atoms with Gasteiger partial charge < -0.3 is 5.11 Å². The molecule has 3 aromatic rings. The summed E-state index contributed by atoms with van der Waals surface area (Å²) in [5, 5.41) is 9.44. The molecule has 0 saturated heterocycles. The van der Waals surface area contributed by atoms with Crippen molar-refractivity contribution in [1.82, 2.24) is 14.5 Å². The molecule has 0 aliphatic carbocycles. The smallest absolute Gasteiger partial charge is 0.339 e. The third-order valence-corrected chi connectivity index (χ3v) is 3.74. The quantitative estimate of drug-likeness (QED) is 0.784. The van der Waals surface area contributed by atoms with E-state index in [0.29, 0.717) is 11.4 Å². The number of rotatable bonds is 2. The van der Waals surface area contributed by atoms with Gasteiger partial charge >= 0.3 is 5.97 Å².